The predicted molar refractivity (Wildman–Crippen MR) is 106 cm³/mol. The van der Waals surface area contributed by atoms with Crippen LogP contribution in [-0.4, -0.2) is 11.5 Å². The fourth-order valence-electron chi connectivity index (χ4n) is 2.30. The van der Waals surface area contributed by atoms with Crippen LogP contribution in [0.1, 0.15) is 0 Å². The average Bonchev–Trinajstić information content (AvgIpc) is 2.63. The van der Waals surface area contributed by atoms with Crippen LogP contribution in [0.15, 0.2) is 78.9 Å². The number of para-hydroxylation sites is 1. The molecule has 3 rings (SSSR count). The first-order valence-corrected chi connectivity index (χ1v) is 8.55. The van der Waals surface area contributed by atoms with E-state index in [1.54, 1.807) is 30.3 Å². The lowest BCUT2D eigenvalue weighted by atomic mass is 10.3. The number of halogens is 3. The molecular formula is C20H15F3N2O2S. The molecule has 0 amide bonds. The number of anilines is 2. The number of hydrogen-bond donors (Lipinski definition) is 2. The zero-order valence-electron chi connectivity index (χ0n) is 14.4. The van der Waals surface area contributed by atoms with E-state index >= 15 is 0 Å². The molecule has 0 saturated carbocycles. The topological polar surface area (TPSA) is 42.5 Å². The molecule has 0 atom stereocenters. The van der Waals surface area contributed by atoms with Gasteiger partial charge < -0.3 is 20.1 Å². The first-order valence-electron chi connectivity index (χ1n) is 8.14. The lowest BCUT2D eigenvalue weighted by molar-refractivity contribution is -0.274. The van der Waals surface area contributed by atoms with E-state index in [1.807, 2.05) is 30.3 Å². The molecule has 0 aliphatic rings. The highest BCUT2D eigenvalue weighted by molar-refractivity contribution is 7.80. The van der Waals surface area contributed by atoms with Gasteiger partial charge in [0, 0.05) is 17.4 Å². The summed E-state index contributed by atoms with van der Waals surface area (Å²) in [7, 11) is 0. The minimum absolute atomic E-state index is 0.223. The number of alkyl halides is 3. The third kappa shape index (κ3) is 6.17. The largest absolute Gasteiger partial charge is 0.573 e. The number of benzene rings is 3. The van der Waals surface area contributed by atoms with Crippen molar-refractivity contribution < 1.29 is 22.6 Å². The van der Waals surface area contributed by atoms with Gasteiger partial charge in [0.15, 0.2) is 5.11 Å². The van der Waals surface area contributed by atoms with Gasteiger partial charge in [0.25, 0.3) is 0 Å². The molecule has 3 aromatic rings. The van der Waals surface area contributed by atoms with Gasteiger partial charge in [-0.05, 0) is 60.7 Å². The molecule has 0 aromatic heterocycles. The molecule has 0 spiro atoms. The molecule has 0 heterocycles. The lowest BCUT2D eigenvalue weighted by Gasteiger charge is -2.13. The second-order valence-electron chi connectivity index (χ2n) is 5.59. The van der Waals surface area contributed by atoms with Crippen LogP contribution in [0.2, 0.25) is 0 Å². The van der Waals surface area contributed by atoms with E-state index in [0.29, 0.717) is 17.1 Å². The SMILES string of the molecule is FC(F)(F)Oc1cccc(NC(=S)Nc2ccc(Oc3ccccc3)cc2)c1. The standard InChI is InChI=1S/C20H15F3N2O2S/c21-20(22,23)27-18-8-4-5-15(13-18)25-19(28)24-14-9-11-17(12-10-14)26-16-6-2-1-3-7-16/h1-13H,(H2,24,25,28). The Kier molecular flexibility index (Phi) is 6.00. The molecule has 144 valence electrons. The summed E-state index contributed by atoms with van der Waals surface area (Å²) >= 11 is 5.19. The first kappa shape index (κ1) is 19.5. The van der Waals surface area contributed by atoms with Crippen molar-refractivity contribution in [2.75, 3.05) is 10.6 Å². The van der Waals surface area contributed by atoms with Crippen LogP contribution >= 0.6 is 12.2 Å². The van der Waals surface area contributed by atoms with Crippen molar-refractivity contribution in [3.05, 3.63) is 78.9 Å². The molecule has 0 radical (unpaired) electrons. The monoisotopic (exact) mass is 404 g/mol. The third-order valence-electron chi connectivity index (χ3n) is 3.42. The Morgan fingerprint density at radius 3 is 2.00 bits per heavy atom. The molecule has 0 aliphatic carbocycles. The fourth-order valence-corrected chi connectivity index (χ4v) is 2.53. The second kappa shape index (κ2) is 8.62. The third-order valence-corrected chi connectivity index (χ3v) is 3.62. The van der Waals surface area contributed by atoms with Gasteiger partial charge in [0.1, 0.15) is 17.2 Å². The molecule has 8 heteroatoms. The zero-order chi connectivity index (χ0) is 20.0. The minimum atomic E-state index is -4.75. The molecule has 28 heavy (non-hydrogen) atoms. The average molecular weight is 404 g/mol. The van der Waals surface area contributed by atoms with Gasteiger partial charge in [-0.15, -0.1) is 13.2 Å². The number of hydrogen-bond acceptors (Lipinski definition) is 3. The molecule has 4 nitrogen and oxygen atoms in total. The van der Waals surface area contributed by atoms with Crippen LogP contribution in [0.5, 0.6) is 17.2 Å². The van der Waals surface area contributed by atoms with Gasteiger partial charge in [-0.3, -0.25) is 0 Å². The Balaban J connectivity index is 1.57. The number of nitrogens with one attached hydrogen (secondary N) is 2. The van der Waals surface area contributed by atoms with Crippen molar-refractivity contribution in [1.29, 1.82) is 0 Å². The van der Waals surface area contributed by atoms with Crippen LogP contribution in [-0.2, 0) is 0 Å². The number of rotatable bonds is 5. The fraction of sp³-hybridized carbons (Fsp3) is 0.0500. The predicted octanol–water partition coefficient (Wildman–Crippen LogP) is 6.19. The highest BCUT2D eigenvalue weighted by Gasteiger charge is 2.31. The summed E-state index contributed by atoms with van der Waals surface area (Å²) in [6.45, 7) is 0. The van der Waals surface area contributed by atoms with Crippen molar-refractivity contribution in [3.8, 4) is 17.2 Å². The van der Waals surface area contributed by atoms with Crippen molar-refractivity contribution in [1.82, 2.24) is 0 Å². The summed E-state index contributed by atoms with van der Waals surface area (Å²) in [6, 6.07) is 21.9. The van der Waals surface area contributed by atoms with Crippen molar-refractivity contribution in [2.45, 2.75) is 6.36 Å². The summed E-state index contributed by atoms with van der Waals surface area (Å²) in [5, 5.41) is 5.99. The van der Waals surface area contributed by atoms with E-state index < -0.39 is 6.36 Å². The number of ether oxygens (including phenoxy) is 2. The molecule has 2 N–H and O–H groups in total. The maximum Gasteiger partial charge on any atom is 0.573 e. The summed E-state index contributed by atoms with van der Waals surface area (Å²) in [5.74, 6) is 1.05. The Bertz CT molecular complexity index is 932. The Labute approximate surface area is 164 Å². The van der Waals surface area contributed by atoms with Gasteiger partial charge in [-0.1, -0.05) is 24.3 Å². The highest BCUT2D eigenvalue weighted by atomic mass is 32.1. The molecule has 0 saturated heterocycles. The van der Waals surface area contributed by atoms with Crippen LogP contribution in [0.4, 0.5) is 24.5 Å². The molecule has 0 unspecified atom stereocenters. The van der Waals surface area contributed by atoms with E-state index in [4.69, 9.17) is 17.0 Å². The quantitative estimate of drug-likeness (QED) is 0.497. The summed E-state index contributed by atoms with van der Waals surface area (Å²) < 4.78 is 46.5. The van der Waals surface area contributed by atoms with Gasteiger partial charge in [0.05, 0.1) is 0 Å². The van der Waals surface area contributed by atoms with Crippen molar-refractivity contribution in [2.24, 2.45) is 0 Å². The zero-order valence-corrected chi connectivity index (χ0v) is 15.2. The van der Waals surface area contributed by atoms with Crippen LogP contribution in [0, 0.1) is 0 Å². The van der Waals surface area contributed by atoms with Crippen molar-refractivity contribution in [3.63, 3.8) is 0 Å². The van der Waals surface area contributed by atoms with Crippen LogP contribution in [0.3, 0.4) is 0 Å². The smallest absolute Gasteiger partial charge is 0.457 e. The minimum Gasteiger partial charge on any atom is -0.457 e. The normalized spacial score (nSPS) is 10.8. The summed E-state index contributed by atoms with van der Waals surface area (Å²) in [4.78, 5) is 0. The van der Waals surface area contributed by atoms with E-state index in [1.165, 1.54) is 18.2 Å². The first-order chi connectivity index (χ1) is 13.4. The van der Waals surface area contributed by atoms with Gasteiger partial charge >= 0.3 is 6.36 Å². The van der Waals surface area contributed by atoms with Crippen LogP contribution < -0.4 is 20.1 Å². The Hall–Kier alpha value is -3.26. The Morgan fingerprint density at radius 1 is 0.714 bits per heavy atom. The molecular weight excluding hydrogens is 389 g/mol. The highest BCUT2D eigenvalue weighted by Crippen LogP contribution is 2.26. The maximum absolute atomic E-state index is 12.3. The van der Waals surface area contributed by atoms with Crippen molar-refractivity contribution >= 4 is 28.7 Å². The molecule has 0 aliphatic heterocycles. The number of thiocarbonyl (C=S) groups is 1. The Morgan fingerprint density at radius 2 is 1.32 bits per heavy atom. The summed E-state index contributed by atoms with van der Waals surface area (Å²) in [6.07, 6.45) is -4.75. The van der Waals surface area contributed by atoms with E-state index in [-0.39, 0.29) is 10.9 Å². The molecule has 0 bridgehead atoms. The molecule has 0 fully saturated rings. The molecule has 3 aromatic carbocycles. The summed E-state index contributed by atoms with van der Waals surface area (Å²) in [5.41, 5.74) is 1.06. The van der Waals surface area contributed by atoms with E-state index in [9.17, 15) is 13.2 Å². The van der Waals surface area contributed by atoms with E-state index in [0.717, 1.165) is 5.75 Å². The van der Waals surface area contributed by atoms with E-state index in [2.05, 4.69) is 15.4 Å². The lowest BCUT2D eigenvalue weighted by Crippen LogP contribution is -2.20. The van der Waals surface area contributed by atoms with Gasteiger partial charge in [-0.2, -0.15) is 0 Å². The van der Waals surface area contributed by atoms with Gasteiger partial charge in [-0.25, -0.2) is 0 Å². The second-order valence-corrected chi connectivity index (χ2v) is 6.00. The maximum atomic E-state index is 12.3. The van der Waals surface area contributed by atoms with Gasteiger partial charge in [0.2, 0.25) is 0 Å². The van der Waals surface area contributed by atoms with Crippen LogP contribution in [0.25, 0.3) is 0 Å².